The number of aliphatic hydroxyl groups is 1. The number of nitrogens with zero attached hydrogens (tertiary/aromatic N) is 1. The lowest BCUT2D eigenvalue weighted by atomic mass is 9.94. The van der Waals surface area contributed by atoms with Crippen LogP contribution in [0, 0.1) is 5.82 Å². The summed E-state index contributed by atoms with van der Waals surface area (Å²) in [6.07, 6.45) is 0. The third kappa shape index (κ3) is 4.08. The van der Waals surface area contributed by atoms with Gasteiger partial charge in [0, 0.05) is 11.8 Å². The summed E-state index contributed by atoms with van der Waals surface area (Å²) in [6.45, 7) is 0. The number of ether oxygens (including phenoxy) is 2. The monoisotopic (exact) mass is 501 g/mol. The Bertz CT molecular complexity index is 1320. The molecule has 1 N–H and O–H groups in total. The highest BCUT2D eigenvalue weighted by Gasteiger charge is 2.47. The Labute approximate surface area is 204 Å². The molecule has 1 heterocycles. The fraction of sp³-hybridized carbons (Fsp3) is 0.120. The Morgan fingerprint density at radius 3 is 2.26 bits per heavy atom. The molecule has 0 aromatic heterocycles. The van der Waals surface area contributed by atoms with Crippen LogP contribution in [0.15, 0.2) is 66.2 Å². The summed E-state index contributed by atoms with van der Waals surface area (Å²) in [5.74, 6) is -2.05. The van der Waals surface area contributed by atoms with Crippen molar-refractivity contribution in [3.8, 4) is 11.5 Å². The van der Waals surface area contributed by atoms with Gasteiger partial charge >= 0.3 is 0 Å². The topological polar surface area (TPSA) is 76.1 Å². The van der Waals surface area contributed by atoms with Gasteiger partial charge in [-0.1, -0.05) is 35.3 Å². The van der Waals surface area contributed by atoms with E-state index in [1.54, 1.807) is 6.07 Å². The second-order valence-electron chi connectivity index (χ2n) is 7.39. The van der Waals surface area contributed by atoms with Gasteiger partial charge in [0.05, 0.1) is 41.4 Å². The van der Waals surface area contributed by atoms with Crippen LogP contribution in [0.3, 0.4) is 0 Å². The van der Waals surface area contributed by atoms with Crippen LogP contribution >= 0.6 is 23.2 Å². The molecule has 3 aromatic rings. The Kier molecular flexibility index (Phi) is 6.50. The number of hydrogen-bond acceptors (Lipinski definition) is 5. The highest BCUT2D eigenvalue weighted by atomic mass is 35.5. The minimum atomic E-state index is -1.07. The molecule has 1 amide bonds. The SMILES string of the molecule is COc1ccc(/C(O)=C2/C(=O)C(=O)N(c3ccc(Cl)c(Cl)c3)C2c2ccc(F)cc2)c(OC)c1. The molecule has 1 aliphatic heterocycles. The van der Waals surface area contributed by atoms with Gasteiger partial charge < -0.3 is 14.6 Å². The van der Waals surface area contributed by atoms with Gasteiger partial charge in [-0.05, 0) is 48.0 Å². The van der Waals surface area contributed by atoms with Crippen molar-refractivity contribution in [2.75, 3.05) is 19.1 Å². The Morgan fingerprint density at radius 2 is 1.65 bits per heavy atom. The van der Waals surface area contributed by atoms with Gasteiger partial charge in [0.25, 0.3) is 11.7 Å². The predicted octanol–water partition coefficient (Wildman–Crippen LogP) is 5.78. The standard InChI is InChI=1S/C25H18Cl2FNO5/c1-33-16-8-9-17(20(12-16)34-2)23(30)21-22(13-3-5-14(28)6-4-13)29(25(32)24(21)31)15-7-10-18(26)19(27)11-15/h3-12,22,30H,1-2H3/b23-21-. The molecule has 1 unspecified atom stereocenters. The van der Waals surface area contributed by atoms with Gasteiger partial charge in [-0.2, -0.15) is 0 Å². The minimum Gasteiger partial charge on any atom is -0.507 e. The van der Waals surface area contributed by atoms with Gasteiger partial charge in [-0.15, -0.1) is 0 Å². The zero-order valence-electron chi connectivity index (χ0n) is 18.0. The van der Waals surface area contributed by atoms with Crippen molar-refractivity contribution >= 4 is 46.3 Å². The molecule has 1 fully saturated rings. The van der Waals surface area contributed by atoms with Gasteiger partial charge in [0.1, 0.15) is 23.1 Å². The van der Waals surface area contributed by atoms with E-state index in [0.717, 1.165) is 0 Å². The maximum absolute atomic E-state index is 13.7. The van der Waals surface area contributed by atoms with E-state index in [9.17, 15) is 19.1 Å². The summed E-state index contributed by atoms with van der Waals surface area (Å²) in [4.78, 5) is 27.6. The second-order valence-corrected chi connectivity index (χ2v) is 8.20. The predicted molar refractivity (Wildman–Crippen MR) is 127 cm³/mol. The number of carbonyl (C=O) groups is 2. The first kappa shape index (κ1) is 23.6. The fourth-order valence-corrected chi connectivity index (χ4v) is 4.13. The second kappa shape index (κ2) is 9.37. The van der Waals surface area contributed by atoms with Crippen LogP contribution in [0.2, 0.25) is 10.0 Å². The Morgan fingerprint density at radius 1 is 0.941 bits per heavy atom. The molecule has 0 aliphatic carbocycles. The summed E-state index contributed by atoms with van der Waals surface area (Å²) in [5, 5.41) is 11.7. The van der Waals surface area contributed by atoms with Crippen LogP contribution in [0.25, 0.3) is 5.76 Å². The van der Waals surface area contributed by atoms with Crippen molar-refractivity contribution < 1.29 is 28.6 Å². The maximum Gasteiger partial charge on any atom is 0.300 e. The van der Waals surface area contributed by atoms with E-state index in [1.165, 1.54) is 73.7 Å². The third-order valence-corrected chi connectivity index (χ3v) is 6.21. The van der Waals surface area contributed by atoms with E-state index in [2.05, 4.69) is 0 Å². The normalized spacial score (nSPS) is 17.2. The number of methoxy groups -OCH3 is 2. The number of hydrogen-bond donors (Lipinski definition) is 1. The summed E-state index contributed by atoms with van der Waals surface area (Å²) >= 11 is 12.2. The highest BCUT2D eigenvalue weighted by Crippen LogP contribution is 2.44. The smallest absolute Gasteiger partial charge is 0.300 e. The summed E-state index contributed by atoms with van der Waals surface area (Å²) in [5.41, 5.74) is 0.681. The Hall–Kier alpha value is -3.55. The molecule has 0 saturated carbocycles. The number of benzene rings is 3. The highest BCUT2D eigenvalue weighted by molar-refractivity contribution is 6.52. The molecule has 34 heavy (non-hydrogen) atoms. The molecular weight excluding hydrogens is 484 g/mol. The van der Waals surface area contributed by atoms with E-state index in [0.29, 0.717) is 11.3 Å². The number of rotatable bonds is 5. The molecule has 1 atom stereocenters. The average molecular weight is 502 g/mol. The molecule has 0 bridgehead atoms. The van der Waals surface area contributed by atoms with E-state index in [-0.39, 0.29) is 32.6 Å². The van der Waals surface area contributed by atoms with Crippen molar-refractivity contribution in [1.29, 1.82) is 0 Å². The molecule has 1 saturated heterocycles. The molecule has 9 heteroatoms. The number of anilines is 1. The average Bonchev–Trinajstić information content (AvgIpc) is 3.10. The molecule has 6 nitrogen and oxygen atoms in total. The summed E-state index contributed by atoms with van der Waals surface area (Å²) in [7, 11) is 2.88. The Balaban J connectivity index is 1.97. The quantitative estimate of drug-likeness (QED) is 0.272. The number of carbonyl (C=O) groups excluding carboxylic acids is 2. The number of Topliss-reactive ketones (excluding diaryl/α,β-unsaturated/α-hetero) is 1. The van der Waals surface area contributed by atoms with Crippen molar-refractivity contribution in [1.82, 2.24) is 0 Å². The van der Waals surface area contributed by atoms with E-state index in [4.69, 9.17) is 32.7 Å². The van der Waals surface area contributed by atoms with Crippen molar-refractivity contribution in [2.24, 2.45) is 0 Å². The van der Waals surface area contributed by atoms with Gasteiger partial charge in [0.2, 0.25) is 0 Å². The van der Waals surface area contributed by atoms with Gasteiger partial charge in [-0.3, -0.25) is 14.5 Å². The molecule has 0 spiro atoms. The lowest BCUT2D eigenvalue weighted by Crippen LogP contribution is -2.29. The molecule has 0 radical (unpaired) electrons. The molecule has 174 valence electrons. The first-order valence-corrected chi connectivity index (χ1v) is 10.8. The van der Waals surface area contributed by atoms with Crippen LogP contribution < -0.4 is 14.4 Å². The van der Waals surface area contributed by atoms with Gasteiger partial charge in [0.15, 0.2) is 0 Å². The molecule has 3 aromatic carbocycles. The fourth-order valence-electron chi connectivity index (χ4n) is 3.83. The number of ketones is 1. The number of halogens is 3. The van der Waals surface area contributed by atoms with Crippen molar-refractivity contribution in [3.05, 3.63) is 93.2 Å². The van der Waals surface area contributed by atoms with Crippen LogP contribution in [0.5, 0.6) is 11.5 Å². The van der Waals surface area contributed by atoms with Crippen molar-refractivity contribution in [2.45, 2.75) is 6.04 Å². The first-order chi connectivity index (χ1) is 16.3. The number of amides is 1. The van der Waals surface area contributed by atoms with Crippen LogP contribution in [-0.4, -0.2) is 31.0 Å². The molecular formula is C25H18Cl2FNO5. The molecule has 1 aliphatic rings. The van der Waals surface area contributed by atoms with Crippen LogP contribution in [0.1, 0.15) is 17.2 Å². The van der Waals surface area contributed by atoms with E-state index >= 15 is 0 Å². The zero-order valence-corrected chi connectivity index (χ0v) is 19.5. The van der Waals surface area contributed by atoms with Crippen LogP contribution in [-0.2, 0) is 9.59 Å². The maximum atomic E-state index is 13.7. The largest absolute Gasteiger partial charge is 0.507 e. The van der Waals surface area contributed by atoms with Crippen LogP contribution in [0.4, 0.5) is 10.1 Å². The lowest BCUT2D eigenvalue weighted by molar-refractivity contribution is -0.132. The molecule has 4 rings (SSSR count). The third-order valence-electron chi connectivity index (χ3n) is 5.48. The number of aliphatic hydroxyl groups excluding tert-OH is 1. The summed E-state index contributed by atoms with van der Waals surface area (Å²) in [6, 6.07) is 13.3. The van der Waals surface area contributed by atoms with E-state index in [1.807, 2.05) is 0 Å². The zero-order chi connectivity index (χ0) is 24.6. The lowest BCUT2D eigenvalue weighted by Gasteiger charge is -2.26. The van der Waals surface area contributed by atoms with Crippen molar-refractivity contribution in [3.63, 3.8) is 0 Å². The first-order valence-electron chi connectivity index (χ1n) is 10.0. The van der Waals surface area contributed by atoms with Gasteiger partial charge in [-0.25, -0.2) is 4.39 Å². The summed E-state index contributed by atoms with van der Waals surface area (Å²) < 4.78 is 24.2. The minimum absolute atomic E-state index is 0.177. The van der Waals surface area contributed by atoms with E-state index < -0.39 is 29.3 Å².